The van der Waals surface area contributed by atoms with E-state index in [4.69, 9.17) is 24.5 Å². The van der Waals surface area contributed by atoms with Crippen molar-refractivity contribution < 1.29 is 29.3 Å². The van der Waals surface area contributed by atoms with E-state index in [1.807, 2.05) is 12.1 Å². The van der Waals surface area contributed by atoms with Gasteiger partial charge < -0.3 is 24.6 Å². The van der Waals surface area contributed by atoms with Crippen LogP contribution < -0.4 is 4.74 Å². The van der Waals surface area contributed by atoms with Gasteiger partial charge in [0.15, 0.2) is 0 Å². The third-order valence-corrected chi connectivity index (χ3v) is 6.08. The Labute approximate surface area is 207 Å². The molecule has 1 aliphatic heterocycles. The van der Waals surface area contributed by atoms with Crippen molar-refractivity contribution >= 4 is 17.7 Å². The summed E-state index contributed by atoms with van der Waals surface area (Å²) in [6, 6.07) is 19.1. The number of nitrogens with zero attached hydrogens (tertiary/aromatic N) is 1. The summed E-state index contributed by atoms with van der Waals surface area (Å²) in [5.74, 6) is -1.63. The highest BCUT2D eigenvalue weighted by atomic mass is 16.5. The summed E-state index contributed by atoms with van der Waals surface area (Å²) in [5.41, 5.74) is 2.68. The Balaban J connectivity index is 0.000000641. The predicted octanol–water partition coefficient (Wildman–Crippen LogP) is 4.48. The van der Waals surface area contributed by atoms with Crippen molar-refractivity contribution in [3.05, 3.63) is 65.7 Å². The Morgan fingerprint density at radius 3 is 2.09 bits per heavy atom. The fourth-order valence-electron chi connectivity index (χ4n) is 4.06. The number of Topliss-reactive ketones (excluding diaryl/α,β-unsaturated/α-hetero) is 1. The van der Waals surface area contributed by atoms with E-state index in [2.05, 4.69) is 47.4 Å². The maximum atomic E-state index is 11.1. The standard InChI is InChI=1S/C26H35NO2.C2H2O4/c1-22(28)9-10-23-11-13-26(14-12-23)29-20-6-5-17-27-18-15-25(16-19-27)21-24-7-3-2-4-8-24;3-1(4)2(5)6/h2-4,7-8,11-14,25H,5-6,9-10,15-21H2,1H3;(H,3,4)(H,5,6). The summed E-state index contributed by atoms with van der Waals surface area (Å²) in [6.07, 6.45) is 7.59. The molecule has 1 saturated heterocycles. The Kier molecular flexibility index (Phi) is 12.6. The Bertz CT molecular complexity index is 893. The van der Waals surface area contributed by atoms with Gasteiger partial charge in [-0.1, -0.05) is 42.5 Å². The lowest BCUT2D eigenvalue weighted by Gasteiger charge is -2.32. The molecule has 2 aromatic carbocycles. The van der Waals surface area contributed by atoms with Crippen LogP contribution in [0.3, 0.4) is 0 Å². The van der Waals surface area contributed by atoms with Crippen LogP contribution in [0.4, 0.5) is 0 Å². The molecule has 2 N–H and O–H groups in total. The minimum Gasteiger partial charge on any atom is -0.494 e. The summed E-state index contributed by atoms with van der Waals surface area (Å²) in [6.45, 7) is 6.08. The second-order valence-electron chi connectivity index (χ2n) is 8.99. The summed E-state index contributed by atoms with van der Waals surface area (Å²) in [4.78, 5) is 31.9. The Morgan fingerprint density at radius 2 is 1.51 bits per heavy atom. The molecule has 7 nitrogen and oxygen atoms in total. The first kappa shape index (κ1) is 28.1. The van der Waals surface area contributed by atoms with Crippen LogP contribution in [0.5, 0.6) is 5.75 Å². The van der Waals surface area contributed by atoms with Crippen LogP contribution in [0.2, 0.25) is 0 Å². The van der Waals surface area contributed by atoms with Crippen molar-refractivity contribution in [2.24, 2.45) is 5.92 Å². The van der Waals surface area contributed by atoms with E-state index in [1.165, 1.54) is 56.4 Å². The van der Waals surface area contributed by atoms with Crippen molar-refractivity contribution in [2.45, 2.75) is 51.9 Å². The summed E-state index contributed by atoms with van der Waals surface area (Å²) >= 11 is 0. The molecule has 0 amide bonds. The highest BCUT2D eigenvalue weighted by Gasteiger charge is 2.18. The van der Waals surface area contributed by atoms with Gasteiger partial charge in [-0.15, -0.1) is 0 Å². The van der Waals surface area contributed by atoms with Crippen LogP contribution in [0, 0.1) is 5.92 Å². The monoisotopic (exact) mass is 483 g/mol. The zero-order valence-electron chi connectivity index (χ0n) is 20.5. The van der Waals surface area contributed by atoms with Crippen LogP contribution in [0.15, 0.2) is 54.6 Å². The van der Waals surface area contributed by atoms with E-state index in [0.29, 0.717) is 6.42 Å². The molecule has 0 radical (unpaired) electrons. The maximum absolute atomic E-state index is 11.1. The fraction of sp³-hybridized carbons (Fsp3) is 0.464. The highest BCUT2D eigenvalue weighted by molar-refractivity contribution is 6.27. The van der Waals surface area contributed by atoms with Gasteiger partial charge in [-0.2, -0.15) is 0 Å². The van der Waals surface area contributed by atoms with E-state index in [-0.39, 0.29) is 5.78 Å². The van der Waals surface area contributed by atoms with Gasteiger partial charge >= 0.3 is 11.9 Å². The molecule has 7 heteroatoms. The smallest absolute Gasteiger partial charge is 0.414 e. The lowest BCUT2D eigenvalue weighted by Crippen LogP contribution is -2.35. The van der Waals surface area contributed by atoms with E-state index < -0.39 is 11.9 Å². The molecule has 3 rings (SSSR count). The number of hydrogen-bond acceptors (Lipinski definition) is 5. The molecule has 1 heterocycles. The average molecular weight is 484 g/mol. The summed E-state index contributed by atoms with van der Waals surface area (Å²) in [7, 11) is 0. The Hall–Kier alpha value is -3.19. The molecule has 0 saturated carbocycles. The Morgan fingerprint density at radius 1 is 0.886 bits per heavy atom. The van der Waals surface area contributed by atoms with E-state index >= 15 is 0 Å². The zero-order valence-corrected chi connectivity index (χ0v) is 20.5. The quantitative estimate of drug-likeness (QED) is 0.359. The molecule has 35 heavy (non-hydrogen) atoms. The number of rotatable bonds is 11. The van der Waals surface area contributed by atoms with Crippen LogP contribution in [-0.4, -0.2) is 59.1 Å². The van der Waals surface area contributed by atoms with Gasteiger partial charge in [0.25, 0.3) is 0 Å². The summed E-state index contributed by atoms with van der Waals surface area (Å²) in [5, 5.41) is 14.8. The number of aryl methyl sites for hydroxylation is 1. The SMILES string of the molecule is CC(=O)CCc1ccc(OCCCCN2CCC(Cc3ccccc3)CC2)cc1.O=C(O)C(=O)O. The van der Waals surface area contributed by atoms with Crippen molar-refractivity contribution in [1.29, 1.82) is 0 Å². The highest BCUT2D eigenvalue weighted by Crippen LogP contribution is 2.22. The molecule has 1 fully saturated rings. The van der Waals surface area contributed by atoms with Crippen LogP contribution in [-0.2, 0) is 27.2 Å². The zero-order chi connectivity index (χ0) is 25.5. The van der Waals surface area contributed by atoms with Gasteiger partial charge in [0.05, 0.1) is 6.61 Å². The number of benzene rings is 2. The number of carbonyl (C=O) groups excluding carboxylic acids is 1. The number of unbranched alkanes of at least 4 members (excludes halogenated alkanes) is 1. The number of ketones is 1. The molecule has 0 aromatic heterocycles. The first-order valence-corrected chi connectivity index (χ1v) is 12.3. The van der Waals surface area contributed by atoms with Crippen LogP contribution >= 0.6 is 0 Å². The number of carboxylic acid groups (broad SMARTS) is 2. The molecule has 0 atom stereocenters. The van der Waals surface area contributed by atoms with Crippen molar-refractivity contribution in [3.63, 3.8) is 0 Å². The largest absolute Gasteiger partial charge is 0.494 e. The molecule has 0 bridgehead atoms. The first-order valence-electron chi connectivity index (χ1n) is 12.3. The number of carbonyl (C=O) groups is 3. The number of carboxylic acids is 2. The van der Waals surface area contributed by atoms with Gasteiger partial charge in [-0.25, -0.2) is 9.59 Å². The normalized spacial score (nSPS) is 14.0. The molecule has 190 valence electrons. The van der Waals surface area contributed by atoms with Crippen LogP contribution in [0.25, 0.3) is 0 Å². The number of likely N-dealkylation sites (tertiary alicyclic amines) is 1. The van der Waals surface area contributed by atoms with Crippen molar-refractivity contribution in [1.82, 2.24) is 4.90 Å². The van der Waals surface area contributed by atoms with Gasteiger partial charge in [-0.05, 0) is 94.3 Å². The van der Waals surface area contributed by atoms with Gasteiger partial charge in [0, 0.05) is 6.42 Å². The minimum atomic E-state index is -1.82. The van der Waals surface area contributed by atoms with Gasteiger partial charge in [0.2, 0.25) is 0 Å². The van der Waals surface area contributed by atoms with E-state index in [9.17, 15) is 4.79 Å². The molecule has 0 unspecified atom stereocenters. The number of aliphatic carboxylic acids is 2. The van der Waals surface area contributed by atoms with E-state index in [1.54, 1.807) is 6.92 Å². The number of hydrogen-bond donors (Lipinski definition) is 2. The number of piperidine rings is 1. The molecule has 0 aliphatic carbocycles. The van der Waals surface area contributed by atoms with E-state index in [0.717, 1.165) is 31.1 Å². The molecule has 0 spiro atoms. The second-order valence-corrected chi connectivity index (χ2v) is 8.99. The first-order chi connectivity index (χ1) is 16.8. The third-order valence-electron chi connectivity index (χ3n) is 6.08. The molecule has 1 aliphatic rings. The fourth-order valence-corrected chi connectivity index (χ4v) is 4.06. The second kappa shape index (κ2) is 15.7. The van der Waals surface area contributed by atoms with Crippen LogP contribution in [0.1, 0.15) is 50.2 Å². The van der Waals surface area contributed by atoms with Crippen molar-refractivity contribution in [3.8, 4) is 5.75 Å². The topological polar surface area (TPSA) is 104 Å². The molecular weight excluding hydrogens is 446 g/mol. The van der Waals surface area contributed by atoms with Gasteiger partial charge in [-0.3, -0.25) is 0 Å². The molecular formula is C28H37NO6. The molecule has 2 aromatic rings. The average Bonchev–Trinajstić information content (AvgIpc) is 2.85. The van der Waals surface area contributed by atoms with Gasteiger partial charge in [0.1, 0.15) is 11.5 Å². The lowest BCUT2D eigenvalue weighted by atomic mass is 9.90. The minimum absolute atomic E-state index is 0.241. The van der Waals surface area contributed by atoms with Crippen molar-refractivity contribution in [2.75, 3.05) is 26.2 Å². The number of ether oxygens (including phenoxy) is 1. The predicted molar refractivity (Wildman–Crippen MR) is 135 cm³/mol. The third kappa shape index (κ3) is 12.2. The maximum Gasteiger partial charge on any atom is 0.414 e. The lowest BCUT2D eigenvalue weighted by molar-refractivity contribution is -0.159. The summed E-state index contributed by atoms with van der Waals surface area (Å²) < 4.78 is 5.87.